The van der Waals surface area contributed by atoms with Gasteiger partial charge in [-0.2, -0.15) is 5.26 Å². The highest BCUT2D eigenvalue weighted by molar-refractivity contribution is 7.10. The second kappa shape index (κ2) is 7.06. The van der Waals surface area contributed by atoms with Gasteiger partial charge in [-0.3, -0.25) is 0 Å². The zero-order valence-corrected chi connectivity index (χ0v) is 12.0. The Morgan fingerprint density at radius 2 is 2.30 bits per heavy atom. The highest BCUT2D eigenvalue weighted by Crippen LogP contribution is 2.20. The Bertz CT molecular complexity index is 604. The summed E-state index contributed by atoms with van der Waals surface area (Å²) >= 11 is 1.54. The first-order valence-electron chi connectivity index (χ1n) is 6.22. The monoisotopic (exact) mass is 288 g/mol. The topological polar surface area (TPSA) is 65.3 Å². The van der Waals surface area contributed by atoms with E-state index < -0.39 is 0 Å². The molecule has 2 rings (SSSR count). The summed E-state index contributed by atoms with van der Waals surface area (Å²) in [7, 11) is 1.62. The third kappa shape index (κ3) is 3.58. The van der Waals surface area contributed by atoms with Gasteiger partial charge in [-0.1, -0.05) is 12.1 Å². The standard InChI is InChI=1S/C15H16N2O2S/c1-19-13-4-2-3-12(6-13)15(9-18)17-8-14-5-11(7-16)10-20-14/h2-6,10,15,17-18H,8-9H2,1H3. The quantitative estimate of drug-likeness (QED) is 0.857. The zero-order chi connectivity index (χ0) is 14.4. The molecule has 0 radical (unpaired) electrons. The van der Waals surface area contributed by atoms with Gasteiger partial charge >= 0.3 is 0 Å². The van der Waals surface area contributed by atoms with Crippen LogP contribution in [0.2, 0.25) is 0 Å². The summed E-state index contributed by atoms with van der Waals surface area (Å²) < 4.78 is 5.19. The molecule has 0 spiro atoms. The summed E-state index contributed by atoms with van der Waals surface area (Å²) in [6.45, 7) is 0.623. The fraction of sp³-hybridized carbons (Fsp3) is 0.267. The van der Waals surface area contributed by atoms with Crippen molar-refractivity contribution in [2.75, 3.05) is 13.7 Å². The van der Waals surface area contributed by atoms with Gasteiger partial charge in [0.1, 0.15) is 11.8 Å². The van der Waals surface area contributed by atoms with Gasteiger partial charge in [0.15, 0.2) is 0 Å². The molecule has 5 heteroatoms. The molecular formula is C15H16N2O2S. The lowest BCUT2D eigenvalue weighted by atomic mass is 10.1. The van der Waals surface area contributed by atoms with Gasteiger partial charge in [0.2, 0.25) is 0 Å². The number of hydrogen-bond donors (Lipinski definition) is 2. The van der Waals surface area contributed by atoms with E-state index in [1.165, 1.54) is 11.3 Å². The maximum absolute atomic E-state index is 9.52. The Morgan fingerprint density at radius 1 is 1.45 bits per heavy atom. The van der Waals surface area contributed by atoms with Crippen LogP contribution in [0.4, 0.5) is 0 Å². The number of benzene rings is 1. The molecule has 0 saturated carbocycles. The van der Waals surface area contributed by atoms with Crippen molar-refractivity contribution in [3.63, 3.8) is 0 Å². The van der Waals surface area contributed by atoms with E-state index in [4.69, 9.17) is 10.00 Å². The van der Waals surface area contributed by atoms with Crippen molar-refractivity contribution < 1.29 is 9.84 Å². The van der Waals surface area contributed by atoms with Gasteiger partial charge < -0.3 is 15.2 Å². The van der Waals surface area contributed by atoms with Crippen LogP contribution >= 0.6 is 11.3 Å². The van der Waals surface area contributed by atoms with Crippen molar-refractivity contribution in [2.24, 2.45) is 0 Å². The third-order valence-electron chi connectivity index (χ3n) is 2.98. The van der Waals surface area contributed by atoms with Crippen LogP contribution in [0.1, 0.15) is 22.0 Å². The molecule has 4 nitrogen and oxygen atoms in total. The molecule has 0 saturated heterocycles. The normalized spacial score (nSPS) is 11.8. The Labute approximate surface area is 122 Å². The largest absolute Gasteiger partial charge is 0.497 e. The van der Waals surface area contributed by atoms with Crippen LogP contribution in [0.5, 0.6) is 5.75 Å². The Kier molecular flexibility index (Phi) is 5.13. The highest BCUT2D eigenvalue weighted by atomic mass is 32.1. The van der Waals surface area contributed by atoms with E-state index in [2.05, 4.69) is 11.4 Å². The van der Waals surface area contributed by atoms with Crippen LogP contribution in [0.25, 0.3) is 0 Å². The number of ether oxygens (including phenoxy) is 1. The molecule has 1 aromatic carbocycles. The average Bonchev–Trinajstić information content (AvgIpc) is 2.96. The van der Waals surface area contributed by atoms with Crippen molar-refractivity contribution in [1.82, 2.24) is 5.32 Å². The molecule has 1 heterocycles. The highest BCUT2D eigenvalue weighted by Gasteiger charge is 2.11. The molecule has 20 heavy (non-hydrogen) atoms. The molecule has 0 aliphatic carbocycles. The predicted octanol–water partition coefficient (Wildman–Crippen LogP) is 2.45. The number of nitriles is 1. The number of aliphatic hydroxyl groups excluding tert-OH is 1. The van der Waals surface area contributed by atoms with E-state index in [1.807, 2.05) is 35.7 Å². The summed E-state index contributed by atoms with van der Waals surface area (Å²) in [5.74, 6) is 0.769. The average molecular weight is 288 g/mol. The molecule has 0 amide bonds. The van der Waals surface area contributed by atoms with Gasteiger partial charge in [0.05, 0.1) is 25.3 Å². The lowest BCUT2D eigenvalue weighted by Gasteiger charge is -2.17. The molecule has 1 atom stereocenters. The number of nitrogens with zero attached hydrogens (tertiary/aromatic N) is 1. The van der Waals surface area contributed by atoms with Crippen molar-refractivity contribution in [1.29, 1.82) is 5.26 Å². The third-order valence-corrected chi connectivity index (χ3v) is 3.92. The molecule has 0 aliphatic heterocycles. The SMILES string of the molecule is COc1cccc(C(CO)NCc2cc(C#N)cs2)c1. The van der Waals surface area contributed by atoms with Crippen LogP contribution in [0.15, 0.2) is 35.7 Å². The van der Waals surface area contributed by atoms with Crippen LogP contribution in [-0.4, -0.2) is 18.8 Å². The van der Waals surface area contributed by atoms with E-state index in [9.17, 15) is 5.11 Å². The number of methoxy groups -OCH3 is 1. The summed E-state index contributed by atoms with van der Waals surface area (Å²) in [5.41, 5.74) is 1.65. The van der Waals surface area contributed by atoms with Gasteiger partial charge in [-0.05, 0) is 23.8 Å². The summed E-state index contributed by atoms with van der Waals surface area (Å²) in [6, 6.07) is 11.4. The predicted molar refractivity (Wildman–Crippen MR) is 78.7 cm³/mol. The summed E-state index contributed by atoms with van der Waals surface area (Å²) in [6.07, 6.45) is 0. The number of rotatable bonds is 6. The van der Waals surface area contributed by atoms with Gasteiger partial charge in [-0.15, -0.1) is 11.3 Å². The molecule has 2 aromatic rings. The molecule has 0 fully saturated rings. The van der Waals surface area contributed by atoms with E-state index >= 15 is 0 Å². The lowest BCUT2D eigenvalue weighted by molar-refractivity contribution is 0.243. The molecule has 2 N–H and O–H groups in total. The molecule has 104 valence electrons. The second-order valence-electron chi connectivity index (χ2n) is 4.31. The van der Waals surface area contributed by atoms with Gasteiger partial charge in [0.25, 0.3) is 0 Å². The van der Waals surface area contributed by atoms with Crippen LogP contribution in [-0.2, 0) is 6.54 Å². The maximum atomic E-state index is 9.52. The second-order valence-corrected chi connectivity index (χ2v) is 5.30. The molecule has 1 unspecified atom stereocenters. The van der Waals surface area contributed by atoms with E-state index in [-0.39, 0.29) is 12.6 Å². The minimum atomic E-state index is -0.155. The number of nitrogens with one attached hydrogen (secondary N) is 1. The summed E-state index contributed by atoms with van der Waals surface area (Å²) in [5, 5.41) is 23.4. The van der Waals surface area contributed by atoms with Gasteiger partial charge in [-0.25, -0.2) is 0 Å². The molecule has 0 bridgehead atoms. The fourth-order valence-corrected chi connectivity index (χ4v) is 2.66. The van der Waals surface area contributed by atoms with E-state index in [1.54, 1.807) is 7.11 Å². The summed E-state index contributed by atoms with van der Waals surface area (Å²) in [4.78, 5) is 1.07. The lowest BCUT2D eigenvalue weighted by Crippen LogP contribution is -2.23. The van der Waals surface area contributed by atoms with Crippen LogP contribution in [0, 0.1) is 11.3 Å². The number of aliphatic hydroxyl groups is 1. The van der Waals surface area contributed by atoms with Crippen LogP contribution < -0.4 is 10.1 Å². The minimum Gasteiger partial charge on any atom is -0.497 e. The molecule has 1 aromatic heterocycles. The minimum absolute atomic E-state index is 0.00362. The van der Waals surface area contributed by atoms with Crippen molar-refractivity contribution in [3.05, 3.63) is 51.7 Å². The van der Waals surface area contributed by atoms with E-state index in [0.29, 0.717) is 12.1 Å². The first-order chi connectivity index (χ1) is 9.76. The van der Waals surface area contributed by atoms with E-state index in [0.717, 1.165) is 16.2 Å². The van der Waals surface area contributed by atoms with Crippen LogP contribution in [0.3, 0.4) is 0 Å². The first kappa shape index (κ1) is 14.5. The zero-order valence-electron chi connectivity index (χ0n) is 11.2. The Hall–Kier alpha value is -1.87. The van der Waals surface area contributed by atoms with Gasteiger partial charge in [0, 0.05) is 16.8 Å². The number of thiophene rings is 1. The smallest absolute Gasteiger partial charge is 0.119 e. The maximum Gasteiger partial charge on any atom is 0.119 e. The van der Waals surface area contributed by atoms with Crippen molar-refractivity contribution in [2.45, 2.75) is 12.6 Å². The first-order valence-corrected chi connectivity index (χ1v) is 7.10. The molecular weight excluding hydrogens is 272 g/mol. The Morgan fingerprint density at radius 3 is 2.95 bits per heavy atom. The van der Waals surface area contributed by atoms with Crippen molar-refractivity contribution >= 4 is 11.3 Å². The molecule has 0 aliphatic rings. The fourth-order valence-electron chi connectivity index (χ4n) is 1.90. The Balaban J connectivity index is 2.03. The van der Waals surface area contributed by atoms with Crippen molar-refractivity contribution in [3.8, 4) is 11.8 Å². The number of hydrogen-bond acceptors (Lipinski definition) is 5.